The average Bonchev–Trinajstić information content (AvgIpc) is 2.29. The number of hydrogen-bond donors (Lipinski definition) is 4. The maximum absolute atomic E-state index is 8.47. The van der Waals surface area contributed by atoms with E-state index in [0.29, 0.717) is 0 Å². The van der Waals surface area contributed by atoms with E-state index in [1.54, 1.807) is 0 Å². The maximum atomic E-state index is 8.47. The zero-order chi connectivity index (χ0) is 10.7. The fourth-order valence-corrected chi connectivity index (χ4v) is 1.41. The molecule has 15 heavy (non-hydrogen) atoms. The minimum atomic E-state index is -1.55. The molecule has 1 aliphatic carbocycles. The van der Waals surface area contributed by atoms with Crippen LogP contribution in [0.25, 0.3) is 0 Å². The number of hydrogen-bond acceptors (Lipinski definition) is 8. The molecule has 0 aromatic carbocycles. The second-order valence-electron chi connectivity index (χ2n) is 3.19. The van der Waals surface area contributed by atoms with E-state index in [4.69, 9.17) is 21.0 Å². The summed E-state index contributed by atoms with van der Waals surface area (Å²) in [6, 6.07) is 0. The van der Waals surface area contributed by atoms with Gasteiger partial charge in [0.15, 0.2) is 0 Å². The fourth-order valence-electron chi connectivity index (χ4n) is 1.41. The van der Waals surface area contributed by atoms with Gasteiger partial charge >= 0.3 is 0 Å². The summed E-state index contributed by atoms with van der Waals surface area (Å²) in [5.74, 6) is -3.11. The zero-order valence-electron chi connectivity index (χ0n) is 7.75. The van der Waals surface area contributed by atoms with Gasteiger partial charge in [0, 0.05) is 25.7 Å². The summed E-state index contributed by atoms with van der Waals surface area (Å²) in [5, 5.41) is 33.9. The lowest BCUT2D eigenvalue weighted by Gasteiger charge is -2.38. The molecule has 0 aromatic heterocycles. The van der Waals surface area contributed by atoms with Gasteiger partial charge in [0.2, 0.25) is 11.6 Å². The third-order valence-electron chi connectivity index (χ3n) is 2.44. The van der Waals surface area contributed by atoms with E-state index in [9.17, 15) is 0 Å². The molecule has 9 nitrogen and oxygen atoms in total. The first-order valence-corrected chi connectivity index (χ1v) is 3.96. The van der Waals surface area contributed by atoms with Crippen LogP contribution in [0, 0.1) is 0 Å². The SMILES string of the molecule is O.OOC1(OO)CCC(OO)(OO)CC1. The van der Waals surface area contributed by atoms with E-state index in [-0.39, 0.29) is 31.2 Å². The highest BCUT2D eigenvalue weighted by Crippen LogP contribution is 2.39. The van der Waals surface area contributed by atoms with Crippen LogP contribution in [0.1, 0.15) is 25.7 Å². The van der Waals surface area contributed by atoms with Crippen molar-refractivity contribution in [3.05, 3.63) is 0 Å². The molecule has 0 unspecified atom stereocenters. The van der Waals surface area contributed by atoms with Crippen LogP contribution in [0.15, 0.2) is 0 Å². The normalized spacial score (nSPS) is 23.2. The second-order valence-corrected chi connectivity index (χ2v) is 3.19. The van der Waals surface area contributed by atoms with Crippen LogP contribution in [0.2, 0.25) is 0 Å². The molecular formula is C6H14O9. The van der Waals surface area contributed by atoms with E-state index in [2.05, 4.69) is 19.6 Å². The van der Waals surface area contributed by atoms with Crippen molar-refractivity contribution < 1.29 is 46.1 Å². The molecule has 0 aromatic rings. The van der Waals surface area contributed by atoms with Crippen LogP contribution in [0.5, 0.6) is 0 Å². The minimum Gasteiger partial charge on any atom is -0.412 e. The highest BCUT2D eigenvalue weighted by Gasteiger charge is 2.48. The van der Waals surface area contributed by atoms with Crippen molar-refractivity contribution in [3.8, 4) is 0 Å². The van der Waals surface area contributed by atoms with Gasteiger partial charge in [0.1, 0.15) is 0 Å². The third kappa shape index (κ3) is 2.81. The maximum Gasteiger partial charge on any atom is 0.233 e. The van der Waals surface area contributed by atoms with Crippen molar-refractivity contribution in [2.24, 2.45) is 0 Å². The van der Waals surface area contributed by atoms with Gasteiger partial charge in [-0.25, -0.2) is 40.6 Å². The largest absolute Gasteiger partial charge is 0.412 e. The van der Waals surface area contributed by atoms with E-state index >= 15 is 0 Å². The fraction of sp³-hybridized carbons (Fsp3) is 1.00. The molecule has 1 aliphatic rings. The smallest absolute Gasteiger partial charge is 0.233 e. The summed E-state index contributed by atoms with van der Waals surface area (Å²) in [7, 11) is 0. The molecule has 0 spiro atoms. The standard InChI is InChI=1S/C6H12O8.H2O/c7-11-5(12-8)1-2-6(13-9,14-10)4-3-5;/h7-10H,1-4H2;1H2. The summed E-state index contributed by atoms with van der Waals surface area (Å²) in [6.45, 7) is 0. The van der Waals surface area contributed by atoms with Gasteiger partial charge < -0.3 is 5.48 Å². The lowest BCUT2D eigenvalue weighted by molar-refractivity contribution is -0.530. The molecule has 1 rings (SSSR count). The van der Waals surface area contributed by atoms with Gasteiger partial charge in [-0.15, -0.1) is 0 Å². The van der Waals surface area contributed by atoms with Gasteiger partial charge in [-0.05, 0) is 0 Å². The Hall–Kier alpha value is -0.360. The Morgan fingerprint density at radius 1 is 0.600 bits per heavy atom. The Balaban J connectivity index is 0.00000196. The summed E-state index contributed by atoms with van der Waals surface area (Å²) in [4.78, 5) is 15.9. The molecule has 6 N–H and O–H groups in total. The molecule has 0 bridgehead atoms. The summed E-state index contributed by atoms with van der Waals surface area (Å²) >= 11 is 0. The predicted octanol–water partition coefficient (Wildman–Crippen LogP) is 0.0867. The van der Waals surface area contributed by atoms with E-state index in [1.165, 1.54) is 0 Å². The summed E-state index contributed by atoms with van der Waals surface area (Å²) in [5.41, 5.74) is 0. The molecule has 0 radical (unpaired) electrons. The van der Waals surface area contributed by atoms with Crippen LogP contribution >= 0.6 is 0 Å². The highest BCUT2D eigenvalue weighted by molar-refractivity contribution is 4.83. The van der Waals surface area contributed by atoms with Gasteiger partial charge in [0.05, 0.1) is 0 Å². The molecular weight excluding hydrogens is 216 g/mol. The van der Waals surface area contributed by atoms with Crippen LogP contribution in [-0.4, -0.2) is 38.1 Å². The predicted molar refractivity (Wildman–Crippen MR) is 42.4 cm³/mol. The van der Waals surface area contributed by atoms with Crippen LogP contribution < -0.4 is 0 Å². The van der Waals surface area contributed by atoms with Crippen molar-refractivity contribution in [3.63, 3.8) is 0 Å². The quantitative estimate of drug-likeness (QED) is 0.301. The molecule has 0 amide bonds. The molecule has 9 heteroatoms. The van der Waals surface area contributed by atoms with Crippen molar-refractivity contribution in [2.75, 3.05) is 0 Å². The monoisotopic (exact) mass is 230 g/mol. The minimum absolute atomic E-state index is 0. The Morgan fingerprint density at radius 3 is 0.933 bits per heavy atom. The van der Waals surface area contributed by atoms with Gasteiger partial charge in [-0.1, -0.05) is 0 Å². The first kappa shape index (κ1) is 14.6. The molecule has 92 valence electrons. The molecule has 0 heterocycles. The summed E-state index contributed by atoms with van der Waals surface area (Å²) < 4.78 is 0. The van der Waals surface area contributed by atoms with Gasteiger partial charge in [0.25, 0.3) is 0 Å². The zero-order valence-corrected chi connectivity index (χ0v) is 7.75. The van der Waals surface area contributed by atoms with Crippen molar-refractivity contribution in [1.82, 2.24) is 0 Å². The molecule has 0 atom stereocenters. The highest BCUT2D eigenvalue weighted by atomic mass is 17.2. The summed E-state index contributed by atoms with van der Waals surface area (Å²) in [6.07, 6.45) is -0.107. The Bertz CT molecular complexity index is 143. The molecule has 0 saturated heterocycles. The van der Waals surface area contributed by atoms with Crippen LogP contribution in [-0.2, 0) is 19.6 Å². The molecule has 0 aliphatic heterocycles. The van der Waals surface area contributed by atoms with E-state index in [0.717, 1.165) is 0 Å². The molecule has 1 fully saturated rings. The third-order valence-corrected chi connectivity index (χ3v) is 2.44. The number of rotatable bonds is 4. The molecule has 1 saturated carbocycles. The Morgan fingerprint density at radius 2 is 0.800 bits per heavy atom. The second kappa shape index (κ2) is 5.65. The Labute approximate surface area is 84.4 Å². The topological polar surface area (TPSA) is 149 Å². The van der Waals surface area contributed by atoms with Gasteiger partial charge in [-0.2, -0.15) is 0 Å². The Kier molecular flexibility index (Phi) is 5.51. The van der Waals surface area contributed by atoms with Crippen molar-refractivity contribution in [1.29, 1.82) is 0 Å². The average molecular weight is 230 g/mol. The first-order valence-electron chi connectivity index (χ1n) is 3.96. The van der Waals surface area contributed by atoms with Crippen LogP contribution in [0.3, 0.4) is 0 Å². The van der Waals surface area contributed by atoms with E-state index in [1.807, 2.05) is 0 Å². The van der Waals surface area contributed by atoms with Gasteiger partial charge in [-0.3, -0.25) is 0 Å². The lowest BCUT2D eigenvalue weighted by atomic mass is 9.89. The lowest BCUT2D eigenvalue weighted by Crippen LogP contribution is -2.47. The van der Waals surface area contributed by atoms with Crippen molar-refractivity contribution >= 4 is 0 Å². The first-order chi connectivity index (χ1) is 6.66. The van der Waals surface area contributed by atoms with Crippen molar-refractivity contribution in [2.45, 2.75) is 37.3 Å². The van der Waals surface area contributed by atoms with E-state index < -0.39 is 11.6 Å². The van der Waals surface area contributed by atoms with Crippen LogP contribution in [0.4, 0.5) is 0 Å².